The molecule has 0 fully saturated rings. The molecule has 0 saturated carbocycles. The van der Waals surface area contributed by atoms with E-state index in [1.54, 1.807) is 11.3 Å². The van der Waals surface area contributed by atoms with Crippen LogP contribution in [0.3, 0.4) is 0 Å². The number of fused-ring (bicyclic) bond motifs is 1. The molecule has 0 aliphatic carbocycles. The molecule has 2 aromatic heterocycles. The van der Waals surface area contributed by atoms with Crippen molar-refractivity contribution in [2.75, 3.05) is 13.6 Å². The molecule has 2 aromatic rings. The van der Waals surface area contributed by atoms with Gasteiger partial charge in [-0.25, -0.2) is 9.97 Å². The molecule has 0 aromatic carbocycles. The molecule has 6 heteroatoms. The zero-order valence-electron chi connectivity index (χ0n) is 12.1. The molecule has 4 nitrogen and oxygen atoms in total. The van der Waals surface area contributed by atoms with Crippen molar-refractivity contribution in [1.29, 1.82) is 5.26 Å². The first kappa shape index (κ1) is 15.2. The maximum Gasteiger partial charge on any atom is 0.145 e. The Kier molecular flexibility index (Phi) is 4.59. The summed E-state index contributed by atoms with van der Waals surface area (Å²) in [7, 11) is 1.96. The fraction of sp³-hybridized carbons (Fsp3) is 0.500. The SMILES string of the molecule is Cc1sc2nc(CN(C)CC(C)C#N)nc(Cl)c2c1C. The monoisotopic (exact) mass is 308 g/mol. The molecule has 0 spiro atoms. The van der Waals surface area contributed by atoms with Crippen molar-refractivity contribution in [2.45, 2.75) is 27.3 Å². The highest BCUT2D eigenvalue weighted by molar-refractivity contribution is 7.18. The number of halogens is 1. The number of hydrogen-bond donors (Lipinski definition) is 0. The molecule has 0 aliphatic heterocycles. The quantitative estimate of drug-likeness (QED) is 0.810. The molecule has 106 valence electrons. The molecule has 0 amide bonds. The van der Waals surface area contributed by atoms with Crippen LogP contribution in [0.5, 0.6) is 0 Å². The van der Waals surface area contributed by atoms with Crippen LogP contribution in [0.4, 0.5) is 0 Å². The van der Waals surface area contributed by atoms with Crippen molar-refractivity contribution in [3.8, 4) is 6.07 Å². The van der Waals surface area contributed by atoms with E-state index < -0.39 is 0 Å². The van der Waals surface area contributed by atoms with E-state index in [1.807, 2.05) is 25.8 Å². The van der Waals surface area contributed by atoms with E-state index in [0.717, 1.165) is 15.8 Å². The number of nitrogens with zero attached hydrogens (tertiary/aromatic N) is 4. The third-order valence-corrected chi connectivity index (χ3v) is 4.62. The molecular formula is C14H17ClN4S. The Labute approximate surface area is 128 Å². The lowest BCUT2D eigenvalue weighted by atomic mass is 10.2. The highest BCUT2D eigenvalue weighted by atomic mass is 35.5. The predicted octanol–water partition coefficient (Wildman–Crippen LogP) is 3.55. The smallest absolute Gasteiger partial charge is 0.145 e. The molecule has 0 N–H and O–H groups in total. The molecule has 1 atom stereocenters. The van der Waals surface area contributed by atoms with Crippen LogP contribution >= 0.6 is 22.9 Å². The Morgan fingerprint density at radius 3 is 2.75 bits per heavy atom. The topological polar surface area (TPSA) is 52.8 Å². The molecule has 2 heterocycles. The van der Waals surface area contributed by atoms with Gasteiger partial charge in [0.05, 0.1) is 23.9 Å². The van der Waals surface area contributed by atoms with E-state index in [1.165, 1.54) is 4.88 Å². The highest BCUT2D eigenvalue weighted by Gasteiger charge is 2.14. The van der Waals surface area contributed by atoms with Gasteiger partial charge in [0.2, 0.25) is 0 Å². The van der Waals surface area contributed by atoms with Gasteiger partial charge in [-0.05, 0) is 33.4 Å². The molecule has 0 aliphatic rings. The lowest BCUT2D eigenvalue weighted by Crippen LogP contribution is -2.24. The maximum absolute atomic E-state index is 8.84. The second-order valence-corrected chi connectivity index (χ2v) is 6.68. The summed E-state index contributed by atoms with van der Waals surface area (Å²) in [4.78, 5) is 13.2. The Hall–Kier alpha value is -1.22. The summed E-state index contributed by atoms with van der Waals surface area (Å²) >= 11 is 7.93. The Bertz CT molecular complexity index is 674. The number of aromatic nitrogens is 2. The number of rotatable bonds is 4. The van der Waals surface area contributed by atoms with Gasteiger partial charge in [0.1, 0.15) is 15.8 Å². The summed E-state index contributed by atoms with van der Waals surface area (Å²) in [5, 5.41) is 10.3. The molecule has 1 unspecified atom stereocenters. The zero-order valence-corrected chi connectivity index (χ0v) is 13.6. The average molecular weight is 309 g/mol. The number of aryl methyl sites for hydroxylation is 2. The van der Waals surface area contributed by atoms with Crippen LogP contribution < -0.4 is 0 Å². The van der Waals surface area contributed by atoms with Gasteiger partial charge in [0.25, 0.3) is 0 Å². The van der Waals surface area contributed by atoms with Crippen LogP contribution in [-0.4, -0.2) is 28.5 Å². The van der Waals surface area contributed by atoms with Crippen LogP contribution in [0.25, 0.3) is 10.2 Å². The fourth-order valence-electron chi connectivity index (χ4n) is 2.13. The number of nitriles is 1. The van der Waals surface area contributed by atoms with E-state index in [2.05, 4.69) is 23.0 Å². The average Bonchev–Trinajstić information content (AvgIpc) is 2.64. The highest BCUT2D eigenvalue weighted by Crippen LogP contribution is 2.32. The first-order chi connectivity index (χ1) is 9.42. The summed E-state index contributed by atoms with van der Waals surface area (Å²) in [6, 6.07) is 2.23. The van der Waals surface area contributed by atoms with Crippen LogP contribution in [0.1, 0.15) is 23.2 Å². The van der Waals surface area contributed by atoms with Crippen LogP contribution in [0.2, 0.25) is 5.15 Å². The first-order valence-corrected chi connectivity index (χ1v) is 7.62. The predicted molar refractivity (Wildman–Crippen MR) is 83.0 cm³/mol. The van der Waals surface area contributed by atoms with E-state index >= 15 is 0 Å². The number of thiophene rings is 1. The van der Waals surface area contributed by atoms with Gasteiger partial charge in [-0.1, -0.05) is 11.6 Å². The Morgan fingerprint density at radius 2 is 2.10 bits per heavy atom. The molecule has 0 radical (unpaired) electrons. The summed E-state index contributed by atoms with van der Waals surface area (Å²) in [5.74, 6) is 0.696. The van der Waals surface area contributed by atoms with Crippen molar-refractivity contribution in [3.05, 3.63) is 21.4 Å². The Morgan fingerprint density at radius 1 is 1.40 bits per heavy atom. The van der Waals surface area contributed by atoms with Crippen molar-refractivity contribution in [3.63, 3.8) is 0 Å². The van der Waals surface area contributed by atoms with Crippen LogP contribution in [0, 0.1) is 31.1 Å². The maximum atomic E-state index is 8.84. The van der Waals surface area contributed by atoms with Gasteiger partial charge in [-0.3, -0.25) is 4.90 Å². The standard InChI is InChI=1S/C14H17ClN4S/c1-8(5-16)6-19(4)7-11-17-13(15)12-9(2)10(3)20-14(12)18-11/h8H,6-7H2,1-4H3. The third kappa shape index (κ3) is 3.09. The minimum absolute atomic E-state index is 0.00886. The molecule has 0 saturated heterocycles. The second kappa shape index (κ2) is 6.04. The summed E-state index contributed by atoms with van der Waals surface area (Å²) in [6.45, 7) is 7.30. The normalized spacial score (nSPS) is 12.8. The molecule has 0 bridgehead atoms. The first-order valence-electron chi connectivity index (χ1n) is 6.42. The molecular weight excluding hydrogens is 292 g/mol. The third-order valence-electron chi connectivity index (χ3n) is 3.25. The molecule has 20 heavy (non-hydrogen) atoms. The van der Waals surface area contributed by atoms with Gasteiger partial charge < -0.3 is 0 Å². The second-order valence-electron chi connectivity index (χ2n) is 5.12. The summed E-state index contributed by atoms with van der Waals surface area (Å²) in [6.07, 6.45) is 0. The lowest BCUT2D eigenvalue weighted by Gasteiger charge is -2.16. The van der Waals surface area contributed by atoms with Crippen molar-refractivity contribution in [1.82, 2.24) is 14.9 Å². The van der Waals surface area contributed by atoms with Gasteiger partial charge >= 0.3 is 0 Å². The van der Waals surface area contributed by atoms with Crippen LogP contribution in [0.15, 0.2) is 0 Å². The van der Waals surface area contributed by atoms with Crippen molar-refractivity contribution in [2.24, 2.45) is 5.92 Å². The van der Waals surface area contributed by atoms with Crippen molar-refractivity contribution >= 4 is 33.2 Å². The minimum atomic E-state index is -0.00886. The van der Waals surface area contributed by atoms with Crippen molar-refractivity contribution < 1.29 is 0 Å². The van der Waals surface area contributed by atoms with Gasteiger partial charge in [-0.2, -0.15) is 5.26 Å². The Balaban J connectivity index is 2.26. The number of hydrogen-bond acceptors (Lipinski definition) is 5. The molecule has 2 rings (SSSR count). The van der Waals surface area contributed by atoms with E-state index in [-0.39, 0.29) is 5.92 Å². The fourth-order valence-corrected chi connectivity index (χ4v) is 3.56. The zero-order chi connectivity index (χ0) is 14.9. The summed E-state index contributed by atoms with van der Waals surface area (Å²) < 4.78 is 0. The summed E-state index contributed by atoms with van der Waals surface area (Å²) in [5.41, 5.74) is 1.16. The van der Waals surface area contributed by atoms with E-state index in [0.29, 0.717) is 24.1 Å². The van der Waals surface area contributed by atoms with Gasteiger partial charge in [0.15, 0.2) is 0 Å². The lowest BCUT2D eigenvalue weighted by molar-refractivity contribution is 0.296. The van der Waals surface area contributed by atoms with E-state index in [9.17, 15) is 0 Å². The largest absolute Gasteiger partial charge is 0.298 e. The van der Waals surface area contributed by atoms with E-state index in [4.69, 9.17) is 16.9 Å². The minimum Gasteiger partial charge on any atom is -0.298 e. The van der Waals surface area contributed by atoms with Crippen LogP contribution in [-0.2, 0) is 6.54 Å². The van der Waals surface area contributed by atoms with Gasteiger partial charge in [0, 0.05) is 11.4 Å². The van der Waals surface area contributed by atoms with Gasteiger partial charge in [-0.15, -0.1) is 11.3 Å².